The summed E-state index contributed by atoms with van der Waals surface area (Å²) in [5, 5.41) is 2.00. The molecule has 3 aromatic rings. The molecule has 0 spiro atoms. The summed E-state index contributed by atoms with van der Waals surface area (Å²) in [6.07, 6.45) is 6.96. The molecule has 2 atom stereocenters. The SMILES string of the molecule is CCCCC(C)c1ccc2cc(-c3ccc(COC4CCCCO4)cc3)cc(CBr)c2n1. The van der Waals surface area contributed by atoms with Gasteiger partial charge < -0.3 is 9.47 Å². The summed E-state index contributed by atoms with van der Waals surface area (Å²) >= 11 is 3.69. The Morgan fingerprint density at radius 2 is 1.94 bits per heavy atom. The van der Waals surface area contributed by atoms with Crippen LogP contribution in [0.3, 0.4) is 0 Å². The number of aromatic nitrogens is 1. The molecule has 0 saturated carbocycles. The molecule has 1 saturated heterocycles. The molecule has 1 aliphatic heterocycles. The van der Waals surface area contributed by atoms with Crippen LogP contribution in [-0.2, 0) is 21.4 Å². The van der Waals surface area contributed by atoms with Crippen LogP contribution in [0.25, 0.3) is 22.0 Å². The van der Waals surface area contributed by atoms with E-state index in [9.17, 15) is 0 Å². The minimum atomic E-state index is -0.0486. The molecule has 2 heterocycles. The predicted octanol–water partition coefficient (Wildman–Crippen LogP) is 8.13. The fraction of sp³-hybridized carbons (Fsp3) is 0.464. The zero-order valence-electron chi connectivity index (χ0n) is 19.3. The fourth-order valence-electron chi connectivity index (χ4n) is 4.35. The van der Waals surface area contributed by atoms with Crippen LogP contribution in [0.5, 0.6) is 0 Å². The molecular formula is C28H34BrNO2. The molecule has 3 nitrogen and oxygen atoms in total. The fourth-order valence-corrected chi connectivity index (χ4v) is 4.78. The zero-order valence-corrected chi connectivity index (χ0v) is 20.9. The number of benzene rings is 2. The maximum absolute atomic E-state index is 5.93. The van der Waals surface area contributed by atoms with Crippen molar-refractivity contribution < 1.29 is 9.47 Å². The first-order valence-electron chi connectivity index (χ1n) is 12.0. The molecule has 2 unspecified atom stereocenters. The van der Waals surface area contributed by atoms with Gasteiger partial charge in [-0.05, 0) is 72.1 Å². The standard InChI is InChI=1S/C28H34BrNO2/c1-3-4-7-20(2)26-14-13-23-16-24(17-25(18-29)28(23)30-26)22-11-9-21(10-12-22)19-32-27-8-5-6-15-31-27/h9-14,16-17,20,27H,3-8,15,18-19H2,1-2H3. The number of hydrogen-bond acceptors (Lipinski definition) is 3. The van der Waals surface area contributed by atoms with Crippen molar-refractivity contribution in [2.45, 2.75) is 76.5 Å². The normalized spacial score (nSPS) is 17.5. The van der Waals surface area contributed by atoms with Gasteiger partial charge in [0.25, 0.3) is 0 Å². The second kappa shape index (κ2) is 11.4. The van der Waals surface area contributed by atoms with Gasteiger partial charge in [0.1, 0.15) is 0 Å². The molecule has 32 heavy (non-hydrogen) atoms. The van der Waals surface area contributed by atoms with Crippen molar-refractivity contribution in [3.8, 4) is 11.1 Å². The summed E-state index contributed by atoms with van der Waals surface area (Å²) in [5.41, 5.74) is 7.17. The van der Waals surface area contributed by atoms with Gasteiger partial charge in [0.15, 0.2) is 6.29 Å². The molecule has 1 aromatic heterocycles. The third-order valence-corrected chi connectivity index (χ3v) is 7.00. The van der Waals surface area contributed by atoms with Crippen molar-refractivity contribution in [3.05, 3.63) is 65.4 Å². The van der Waals surface area contributed by atoms with Crippen molar-refractivity contribution in [1.82, 2.24) is 4.98 Å². The molecule has 4 heteroatoms. The maximum Gasteiger partial charge on any atom is 0.158 e. The highest BCUT2D eigenvalue weighted by molar-refractivity contribution is 9.08. The molecule has 0 aliphatic carbocycles. The highest BCUT2D eigenvalue weighted by Gasteiger charge is 2.14. The van der Waals surface area contributed by atoms with E-state index in [0.717, 1.165) is 30.3 Å². The molecule has 170 valence electrons. The Labute approximate surface area is 200 Å². The Bertz CT molecular complexity index is 1010. The van der Waals surface area contributed by atoms with Crippen LogP contribution >= 0.6 is 15.9 Å². The molecule has 1 fully saturated rings. The topological polar surface area (TPSA) is 31.4 Å². The van der Waals surface area contributed by atoms with Gasteiger partial charge in [-0.1, -0.05) is 73.0 Å². The molecule has 1 aliphatic rings. The van der Waals surface area contributed by atoms with E-state index in [2.05, 4.69) is 78.3 Å². The van der Waals surface area contributed by atoms with Gasteiger partial charge in [-0.3, -0.25) is 4.98 Å². The lowest BCUT2D eigenvalue weighted by Crippen LogP contribution is -2.21. The van der Waals surface area contributed by atoms with Gasteiger partial charge in [-0.2, -0.15) is 0 Å². The quantitative estimate of drug-likeness (QED) is 0.280. The van der Waals surface area contributed by atoms with Gasteiger partial charge in [0.05, 0.1) is 12.1 Å². The van der Waals surface area contributed by atoms with E-state index in [-0.39, 0.29) is 6.29 Å². The van der Waals surface area contributed by atoms with Crippen LogP contribution in [0.2, 0.25) is 0 Å². The molecule has 0 amide bonds. The van der Waals surface area contributed by atoms with E-state index < -0.39 is 0 Å². The van der Waals surface area contributed by atoms with Crippen LogP contribution in [0.4, 0.5) is 0 Å². The van der Waals surface area contributed by atoms with Crippen LogP contribution < -0.4 is 0 Å². The smallest absolute Gasteiger partial charge is 0.158 e. The van der Waals surface area contributed by atoms with E-state index in [0.29, 0.717) is 12.5 Å². The zero-order chi connectivity index (χ0) is 22.3. The highest BCUT2D eigenvalue weighted by atomic mass is 79.9. The van der Waals surface area contributed by atoms with E-state index in [1.807, 2.05) is 0 Å². The van der Waals surface area contributed by atoms with Crippen molar-refractivity contribution in [3.63, 3.8) is 0 Å². The predicted molar refractivity (Wildman–Crippen MR) is 136 cm³/mol. The van der Waals surface area contributed by atoms with Gasteiger partial charge >= 0.3 is 0 Å². The van der Waals surface area contributed by atoms with E-state index in [1.165, 1.54) is 59.0 Å². The van der Waals surface area contributed by atoms with Gasteiger partial charge in [0, 0.05) is 23.0 Å². The summed E-state index contributed by atoms with van der Waals surface area (Å²) in [6, 6.07) is 17.7. The highest BCUT2D eigenvalue weighted by Crippen LogP contribution is 2.31. The van der Waals surface area contributed by atoms with E-state index in [4.69, 9.17) is 14.5 Å². The number of unbranched alkanes of at least 4 members (excludes halogenated alkanes) is 1. The van der Waals surface area contributed by atoms with Crippen molar-refractivity contribution in [1.29, 1.82) is 0 Å². The molecule has 0 bridgehead atoms. The lowest BCUT2D eigenvalue weighted by molar-refractivity contribution is -0.168. The number of halogens is 1. The van der Waals surface area contributed by atoms with Crippen LogP contribution in [0.15, 0.2) is 48.5 Å². The Kier molecular flexibility index (Phi) is 8.34. The van der Waals surface area contributed by atoms with Crippen LogP contribution in [-0.4, -0.2) is 17.9 Å². The number of ether oxygens (including phenoxy) is 2. The summed E-state index contributed by atoms with van der Waals surface area (Å²) in [7, 11) is 0. The third-order valence-electron chi connectivity index (χ3n) is 6.39. The maximum atomic E-state index is 5.93. The Hall–Kier alpha value is -1.75. The minimum Gasteiger partial charge on any atom is -0.353 e. The first-order chi connectivity index (χ1) is 15.7. The van der Waals surface area contributed by atoms with Gasteiger partial charge in [-0.25, -0.2) is 0 Å². The number of fused-ring (bicyclic) bond motifs is 1. The first kappa shape index (κ1) is 23.4. The summed E-state index contributed by atoms with van der Waals surface area (Å²) < 4.78 is 11.6. The van der Waals surface area contributed by atoms with Crippen molar-refractivity contribution in [2.24, 2.45) is 0 Å². The van der Waals surface area contributed by atoms with E-state index in [1.54, 1.807) is 0 Å². The van der Waals surface area contributed by atoms with Gasteiger partial charge in [0.2, 0.25) is 0 Å². The van der Waals surface area contributed by atoms with Crippen molar-refractivity contribution in [2.75, 3.05) is 6.61 Å². The Balaban J connectivity index is 1.52. The van der Waals surface area contributed by atoms with Crippen LogP contribution in [0.1, 0.15) is 75.1 Å². The summed E-state index contributed by atoms with van der Waals surface area (Å²) in [5.74, 6) is 0.496. The molecular weight excluding hydrogens is 462 g/mol. The Morgan fingerprint density at radius 3 is 2.66 bits per heavy atom. The van der Waals surface area contributed by atoms with Crippen molar-refractivity contribution >= 4 is 26.8 Å². The average molecular weight is 496 g/mol. The number of rotatable bonds is 9. The minimum absolute atomic E-state index is 0.0486. The lowest BCUT2D eigenvalue weighted by Gasteiger charge is -2.22. The van der Waals surface area contributed by atoms with Gasteiger partial charge in [-0.15, -0.1) is 0 Å². The average Bonchev–Trinajstić information content (AvgIpc) is 2.86. The number of alkyl halides is 1. The Morgan fingerprint density at radius 1 is 1.09 bits per heavy atom. The number of nitrogens with zero attached hydrogens (tertiary/aromatic N) is 1. The third kappa shape index (κ3) is 5.78. The summed E-state index contributed by atoms with van der Waals surface area (Å²) in [6.45, 7) is 5.95. The van der Waals surface area contributed by atoms with E-state index >= 15 is 0 Å². The first-order valence-corrected chi connectivity index (χ1v) is 13.1. The molecule has 4 rings (SSSR count). The largest absolute Gasteiger partial charge is 0.353 e. The lowest BCUT2D eigenvalue weighted by atomic mass is 9.96. The summed E-state index contributed by atoms with van der Waals surface area (Å²) in [4.78, 5) is 5.06. The molecule has 0 radical (unpaired) electrons. The number of hydrogen-bond donors (Lipinski definition) is 0. The van der Waals surface area contributed by atoms with Crippen LogP contribution in [0, 0.1) is 0 Å². The second-order valence-corrected chi connectivity index (χ2v) is 9.48. The monoisotopic (exact) mass is 495 g/mol. The molecule has 0 N–H and O–H groups in total. The number of pyridine rings is 1. The molecule has 2 aromatic carbocycles. The second-order valence-electron chi connectivity index (χ2n) is 8.92.